The van der Waals surface area contributed by atoms with Crippen LogP contribution >= 0.6 is 0 Å². The molecule has 0 amide bonds. The number of hydrogen-bond donors (Lipinski definition) is 0. The third-order valence-electron chi connectivity index (χ3n) is 4.62. The molecule has 0 atom stereocenters. The second kappa shape index (κ2) is 8.76. The molecule has 1 heterocycles. The van der Waals surface area contributed by atoms with Crippen LogP contribution < -0.4 is 4.90 Å². The molecule has 0 radical (unpaired) electrons. The molecule has 2 aromatic rings. The summed E-state index contributed by atoms with van der Waals surface area (Å²) in [4.78, 5) is 25.7. The molecule has 1 aliphatic rings. The van der Waals surface area contributed by atoms with E-state index in [0.717, 1.165) is 26.4 Å². The maximum Gasteiger partial charge on any atom is 0.419 e. The van der Waals surface area contributed by atoms with Crippen molar-refractivity contribution in [3.63, 3.8) is 0 Å². The van der Waals surface area contributed by atoms with Crippen molar-refractivity contribution in [1.82, 2.24) is 0 Å². The highest BCUT2D eigenvalue weighted by atomic mass is 19.4. The molecule has 2 aromatic carbocycles. The fourth-order valence-electron chi connectivity index (χ4n) is 3.10. The van der Waals surface area contributed by atoms with Crippen LogP contribution in [0.15, 0.2) is 53.7 Å². The molecule has 6 nitrogen and oxygen atoms in total. The lowest BCUT2D eigenvalue weighted by molar-refractivity contribution is -0.140. The van der Waals surface area contributed by atoms with Gasteiger partial charge in [0.05, 0.1) is 32.0 Å². The molecule has 0 unspecified atom stereocenters. The Morgan fingerprint density at radius 1 is 0.968 bits per heavy atom. The minimum atomic E-state index is -4.82. The summed E-state index contributed by atoms with van der Waals surface area (Å²) >= 11 is 0. The quantitative estimate of drug-likeness (QED) is 0.532. The number of esters is 2. The third kappa shape index (κ3) is 4.53. The summed E-state index contributed by atoms with van der Waals surface area (Å²) in [6.45, 7) is -0.222. The Morgan fingerprint density at radius 3 is 2.16 bits per heavy atom. The summed E-state index contributed by atoms with van der Waals surface area (Å²) in [6, 6.07) is 8.78. The number of hydrogen-bond acceptors (Lipinski definition) is 6. The molecular formula is C21H17F4NO5. The second-order valence-electron chi connectivity index (χ2n) is 6.46. The molecule has 0 saturated heterocycles. The smallest absolute Gasteiger partial charge is 0.419 e. The second-order valence-corrected chi connectivity index (χ2v) is 6.46. The van der Waals surface area contributed by atoms with Crippen LogP contribution in [0.5, 0.6) is 0 Å². The van der Waals surface area contributed by atoms with E-state index in [1.54, 1.807) is 0 Å². The fourth-order valence-corrected chi connectivity index (χ4v) is 3.10. The van der Waals surface area contributed by atoms with E-state index in [0.29, 0.717) is 11.3 Å². The van der Waals surface area contributed by atoms with Gasteiger partial charge >= 0.3 is 18.1 Å². The first-order valence-electron chi connectivity index (χ1n) is 8.89. The van der Waals surface area contributed by atoms with E-state index in [1.165, 1.54) is 35.2 Å². The van der Waals surface area contributed by atoms with Gasteiger partial charge in [0, 0.05) is 5.69 Å². The van der Waals surface area contributed by atoms with Gasteiger partial charge in [-0.1, -0.05) is 18.2 Å². The molecule has 31 heavy (non-hydrogen) atoms. The molecule has 0 spiro atoms. The number of benzene rings is 2. The highest BCUT2D eigenvalue weighted by Crippen LogP contribution is 2.35. The molecule has 1 aliphatic heterocycles. The van der Waals surface area contributed by atoms with Crippen molar-refractivity contribution in [3.05, 3.63) is 65.1 Å². The molecule has 164 valence electrons. The van der Waals surface area contributed by atoms with Crippen molar-refractivity contribution in [2.75, 3.05) is 32.5 Å². The van der Waals surface area contributed by atoms with Gasteiger partial charge in [-0.15, -0.1) is 0 Å². The summed E-state index contributed by atoms with van der Waals surface area (Å²) in [7, 11) is 2.32. The van der Waals surface area contributed by atoms with Gasteiger partial charge in [-0.2, -0.15) is 13.2 Å². The summed E-state index contributed by atoms with van der Waals surface area (Å²) in [6.07, 6.45) is -4.82. The predicted octanol–water partition coefficient (Wildman–Crippen LogP) is 3.91. The zero-order valence-electron chi connectivity index (χ0n) is 16.5. The summed E-state index contributed by atoms with van der Waals surface area (Å²) in [5.74, 6) is -2.89. The topological polar surface area (TPSA) is 65.1 Å². The first-order valence-corrected chi connectivity index (χ1v) is 8.89. The molecule has 10 heteroatoms. The lowest BCUT2D eigenvalue weighted by Crippen LogP contribution is -2.38. The van der Waals surface area contributed by atoms with Crippen molar-refractivity contribution in [2.45, 2.75) is 6.18 Å². The SMILES string of the molecule is COC(=O)C1=C(C(=O)OC)N(c2ccc(-c3ccc(F)c(C(F)(F)F)c3)cc2)COC1. The number of methoxy groups -OCH3 is 2. The number of halogens is 4. The van der Waals surface area contributed by atoms with Crippen molar-refractivity contribution in [3.8, 4) is 11.1 Å². The highest BCUT2D eigenvalue weighted by molar-refractivity contribution is 6.03. The fraction of sp³-hybridized carbons (Fsp3) is 0.238. The highest BCUT2D eigenvalue weighted by Gasteiger charge is 2.34. The summed E-state index contributed by atoms with van der Waals surface area (Å²) in [5.41, 5.74) is -0.480. The Balaban J connectivity index is 1.99. The summed E-state index contributed by atoms with van der Waals surface area (Å²) in [5, 5.41) is 0. The van der Waals surface area contributed by atoms with Gasteiger partial charge < -0.3 is 19.1 Å². The third-order valence-corrected chi connectivity index (χ3v) is 4.62. The number of anilines is 1. The average molecular weight is 439 g/mol. The van der Waals surface area contributed by atoms with E-state index in [1.807, 2.05) is 0 Å². The van der Waals surface area contributed by atoms with Gasteiger partial charge in [-0.3, -0.25) is 0 Å². The van der Waals surface area contributed by atoms with Crippen molar-refractivity contribution >= 4 is 17.6 Å². The maximum atomic E-state index is 13.5. The van der Waals surface area contributed by atoms with E-state index in [4.69, 9.17) is 14.2 Å². The molecule has 0 fully saturated rings. The normalized spacial score (nSPS) is 14.5. The number of rotatable bonds is 4. The molecule has 0 aromatic heterocycles. The molecule has 0 bridgehead atoms. The molecule has 0 aliphatic carbocycles. The van der Waals surface area contributed by atoms with E-state index in [2.05, 4.69) is 0 Å². The van der Waals surface area contributed by atoms with Crippen LogP contribution in [0.25, 0.3) is 11.1 Å². The van der Waals surface area contributed by atoms with Crippen LogP contribution in [0.3, 0.4) is 0 Å². The zero-order chi connectivity index (χ0) is 22.8. The van der Waals surface area contributed by atoms with Crippen LogP contribution in [-0.2, 0) is 30.0 Å². The van der Waals surface area contributed by atoms with Crippen molar-refractivity contribution in [2.24, 2.45) is 0 Å². The largest absolute Gasteiger partial charge is 0.466 e. The molecule has 3 rings (SSSR count). The average Bonchev–Trinajstić information content (AvgIpc) is 2.77. The maximum absolute atomic E-state index is 13.5. The van der Waals surface area contributed by atoms with Crippen molar-refractivity contribution < 1.29 is 41.4 Å². The minimum Gasteiger partial charge on any atom is -0.466 e. The minimum absolute atomic E-state index is 0.0296. The molecular weight excluding hydrogens is 422 g/mol. The predicted molar refractivity (Wildman–Crippen MR) is 101 cm³/mol. The standard InChI is InChI=1S/C21H17F4NO5/c1-29-19(27)15-10-31-11-26(18(15)20(28)30-2)14-6-3-12(4-7-14)13-5-8-17(22)16(9-13)21(23,24)25/h3-9H,10-11H2,1-2H3. The molecule has 0 saturated carbocycles. The zero-order valence-corrected chi connectivity index (χ0v) is 16.5. The Labute approximate surface area is 174 Å². The Kier molecular flexibility index (Phi) is 6.30. The lowest BCUT2D eigenvalue weighted by atomic mass is 10.0. The Bertz CT molecular complexity index is 1030. The first-order chi connectivity index (χ1) is 14.7. The number of ether oxygens (including phenoxy) is 3. The van der Waals surface area contributed by atoms with Crippen LogP contribution in [0.1, 0.15) is 5.56 Å². The van der Waals surface area contributed by atoms with E-state index < -0.39 is 29.5 Å². The number of carbonyl (C=O) groups excluding carboxylic acids is 2. The van der Waals surface area contributed by atoms with Gasteiger partial charge in [0.25, 0.3) is 0 Å². The summed E-state index contributed by atoms with van der Waals surface area (Å²) < 4.78 is 67.3. The van der Waals surface area contributed by atoms with Gasteiger partial charge in [-0.25, -0.2) is 14.0 Å². The number of alkyl halides is 3. The number of nitrogens with zero attached hydrogens (tertiary/aromatic N) is 1. The van der Waals surface area contributed by atoms with Crippen LogP contribution in [-0.4, -0.2) is 39.5 Å². The van der Waals surface area contributed by atoms with E-state index in [9.17, 15) is 27.2 Å². The van der Waals surface area contributed by atoms with Gasteiger partial charge in [0.15, 0.2) is 0 Å². The van der Waals surface area contributed by atoms with Crippen LogP contribution in [0.4, 0.5) is 23.2 Å². The van der Waals surface area contributed by atoms with Gasteiger partial charge in [-0.05, 0) is 35.4 Å². The van der Waals surface area contributed by atoms with Gasteiger partial charge in [0.2, 0.25) is 0 Å². The Hall–Kier alpha value is -3.40. The van der Waals surface area contributed by atoms with Gasteiger partial charge in [0.1, 0.15) is 18.2 Å². The van der Waals surface area contributed by atoms with Crippen LogP contribution in [0.2, 0.25) is 0 Å². The Morgan fingerprint density at radius 2 is 1.58 bits per heavy atom. The monoisotopic (exact) mass is 439 g/mol. The number of carbonyl (C=O) groups is 2. The lowest BCUT2D eigenvalue weighted by Gasteiger charge is -2.31. The first kappa shape index (κ1) is 22.3. The molecule has 0 N–H and O–H groups in total. The van der Waals surface area contributed by atoms with E-state index >= 15 is 0 Å². The van der Waals surface area contributed by atoms with Crippen molar-refractivity contribution in [1.29, 1.82) is 0 Å². The van der Waals surface area contributed by atoms with E-state index in [-0.39, 0.29) is 30.2 Å². The van der Waals surface area contributed by atoms with Crippen LogP contribution in [0, 0.1) is 5.82 Å².